The van der Waals surface area contributed by atoms with Gasteiger partial charge in [-0.2, -0.15) is 0 Å². The van der Waals surface area contributed by atoms with Crippen LogP contribution < -0.4 is 0 Å². The normalized spacial score (nSPS) is 33.4. The minimum absolute atomic E-state index is 0.0740. The van der Waals surface area contributed by atoms with Crippen molar-refractivity contribution in [3.05, 3.63) is 0 Å². The van der Waals surface area contributed by atoms with Gasteiger partial charge in [-0.25, -0.2) is 4.79 Å². The maximum atomic E-state index is 12.7. The van der Waals surface area contributed by atoms with Gasteiger partial charge < -0.3 is 14.9 Å². The van der Waals surface area contributed by atoms with E-state index in [1.54, 1.807) is 4.90 Å². The molecule has 5 nitrogen and oxygen atoms in total. The fraction of sp³-hybridized carbons (Fsp3) is 0.875. The fourth-order valence-corrected chi connectivity index (χ4v) is 4.33. The Balaban J connectivity index is 1.58. The Hall–Kier alpha value is -1.26. The highest BCUT2D eigenvalue weighted by Crippen LogP contribution is 2.36. The lowest BCUT2D eigenvalue weighted by atomic mass is 9.75. The van der Waals surface area contributed by atoms with Crippen LogP contribution in [-0.2, 0) is 4.79 Å². The number of aliphatic carboxylic acids is 1. The van der Waals surface area contributed by atoms with Crippen molar-refractivity contribution in [2.45, 2.75) is 44.9 Å². The van der Waals surface area contributed by atoms with Crippen LogP contribution >= 0.6 is 0 Å². The van der Waals surface area contributed by atoms with Crippen LogP contribution in [0.4, 0.5) is 4.79 Å². The smallest absolute Gasteiger partial charge is 0.320 e. The molecule has 1 N–H and O–H groups in total. The zero-order valence-electron chi connectivity index (χ0n) is 12.7. The van der Waals surface area contributed by atoms with Crippen LogP contribution in [0.15, 0.2) is 0 Å². The number of amides is 2. The summed E-state index contributed by atoms with van der Waals surface area (Å²) in [6, 6.07) is 0.0740. The summed E-state index contributed by atoms with van der Waals surface area (Å²) in [5.41, 5.74) is 0. The van der Waals surface area contributed by atoms with E-state index in [-0.39, 0.29) is 11.9 Å². The summed E-state index contributed by atoms with van der Waals surface area (Å²) in [7, 11) is 0. The van der Waals surface area contributed by atoms with Crippen molar-refractivity contribution in [2.24, 2.45) is 17.8 Å². The van der Waals surface area contributed by atoms with Crippen molar-refractivity contribution in [3.8, 4) is 0 Å². The number of carbonyl (C=O) groups is 2. The highest BCUT2D eigenvalue weighted by atomic mass is 16.4. The Morgan fingerprint density at radius 1 is 0.810 bits per heavy atom. The van der Waals surface area contributed by atoms with Gasteiger partial charge in [0, 0.05) is 26.2 Å². The first kappa shape index (κ1) is 14.7. The predicted molar refractivity (Wildman–Crippen MR) is 79.0 cm³/mol. The van der Waals surface area contributed by atoms with Gasteiger partial charge in [-0.1, -0.05) is 19.3 Å². The summed E-state index contributed by atoms with van der Waals surface area (Å²) in [5, 5.41) is 9.15. The van der Waals surface area contributed by atoms with E-state index in [0.717, 1.165) is 31.8 Å². The van der Waals surface area contributed by atoms with E-state index in [1.807, 2.05) is 4.90 Å². The molecule has 0 bridgehead atoms. The number of carboxylic acid groups (broad SMARTS) is 1. The number of hydrogen-bond donors (Lipinski definition) is 1. The van der Waals surface area contributed by atoms with Gasteiger partial charge in [-0.3, -0.25) is 4.79 Å². The number of fused-ring (bicyclic) bond motifs is 1. The monoisotopic (exact) mass is 294 g/mol. The van der Waals surface area contributed by atoms with Gasteiger partial charge in [-0.05, 0) is 37.5 Å². The minimum Gasteiger partial charge on any atom is -0.481 e. The largest absolute Gasteiger partial charge is 0.481 e. The third kappa shape index (κ3) is 3.16. The standard InChI is InChI=1S/C16H26N2O3/c19-15(20)14-6-3-8-17(11-14)16(21)18-9-7-12-4-1-2-5-13(12)10-18/h12-14H,1-11H2,(H,19,20)/t12?,13?,14-/m1/s1. The van der Waals surface area contributed by atoms with E-state index in [0.29, 0.717) is 25.4 Å². The molecule has 0 spiro atoms. The first-order valence-electron chi connectivity index (χ1n) is 8.42. The first-order chi connectivity index (χ1) is 10.1. The molecule has 1 aliphatic carbocycles. The van der Waals surface area contributed by atoms with Crippen LogP contribution in [0.5, 0.6) is 0 Å². The van der Waals surface area contributed by atoms with Gasteiger partial charge in [0.25, 0.3) is 0 Å². The van der Waals surface area contributed by atoms with Crippen LogP contribution in [0.25, 0.3) is 0 Å². The number of carboxylic acids is 1. The van der Waals surface area contributed by atoms with Crippen molar-refractivity contribution in [1.29, 1.82) is 0 Å². The molecule has 2 heterocycles. The Labute approximate surface area is 126 Å². The second-order valence-corrected chi connectivity index (χ2v) is 6.95. The SMILES string of the molecule is O=C(O)[C@@H]1CCCN(C(=O)N2CCC3CCCCC3C2)C1. The molecule has 5 heteroatoms. The summed E-state index contributed by atoms with van der Waals surface area (Å²) in [6.45, 7) is 2.85. The third-order valence-electron chi connectivity index (χ3n) is 5.60. The highest BCUT2D eigenvalue weighted by molar-refractivity contribution is 5.76. The van der Waals surface area contributed by atoms with Gasteiger partial charge in [0.15, 0.2) is 0 Å². The molecule has 2 aliphatic heterocycles. The molecule has 1 saturated carbocycles. The number of likely N-dealkylation sites (tertiary alicyclic amines) is 2. The maximum Gasteiger partial charge on any atom is 0.320 e. The summed E-state index contributed by atoms with van der Waals surface area (Å²) in [4.78, 5) is 27.5. The molecule has 0 aromatic heterocycles. The summed E-state index contributed by atoms with van der Waals surface area (Å²) in [5.74, 6) is 0.348. The van der Waals surface area contributed by atoms with Crippen LogP contribution in [0.1, 0.15) is 44.9 Å². The lowest BCUT2D eigenvalue weighted by Crippen LogP contribution is -2.53. The molecular formula is C16H26N2O3. The summed E-state index contributed by atoms with van der Waals surface area (Å²) < 4.78 is 0. The molecule has 3 atom stereocenters. The average Bonchev–Trinajstić information content (AvgIpc) is 2.53. The number of piperidine rings is 2. The van der Waals surface area contributed by atoms with E-state index in [1.165, 1.54) is 25.7 Å². The van der Waals surface area contributed by atoms with E-state index in [2.05, 4.69) is 0 Å². The molecular weight excluding hydrogens is 268 g/mol. The van der Waals surface area contributed by atoms with E-state index in [4.69, 9.17) is 5.11 Å². The Bertz CT molecular complexity index is 412. The summed E-state index contributed by atoms with van der Waals surface area (Å²) >= 11 is 0. The van der Waals surface area contributed by atoms with Crippen LogP contribution in [0.3, 0.4) is 0 Å². The molecule has 0 radical (unpaired) electrons. The molecule has 3 aliphatic rings. The maximum absolute atomic E-state index is 12.7. The van der Waals surface area contributed by atoms with Gasteiger partial charge in [0.05, 0.1) is 5.92 Å². The quantitative estimate of drug-likeness (QED) is 0.808. The molecule has 0 aromatic rings. The molecule has 2 amide bonds. The molecule has 21 heavy (non-hydrogen) atoms. The second kappa shape index (κ2) is 6.24. The Morgan fingerprint density at radius 3 is 2.29 bits per heavy atom. The molecule has 2 saturated heterocycles. The minimum atomic E-state index is -0.765. The predicted octanol–water partition coefficient (Wildman–Crippen LogP) is 2.42. The Kier molecular flexibility index (Phi) is 4.36. The van der Waals surface area contributed by atoms with Gasteiger partial charge in [0.2, 0.25) is 0 Å². The molecule has 3 fully saturated rings. The second-order valence-electron chi connectivity index (χ2n) is 6.95. The lowest BCUT2D eigenvalue weighted by molar-refractivity contribution is -0.143. The zero-order chi connectivity index (χ0) is 14.8. The van der Waals surface area contributed by atoms with Crippen LogP contribution in [0.2, 0.25) is 0 Å². The zero-order valence-corrected chi connectivity index (χ0v) is 12.7. The number of hydrogen-bond acceptors (Lipinski definition) is 2. The van der Waals surface area contributed by atoms with Crippen LogP contribution in [-0.4, -0.2) is 53.1 Å². The van der Waals surface area contributed by atoms with Crippen molar-refractivity contribution >= 4 is 12.0 Å². The molecule has 0 aromatic carbocycles. The van der Waals surface area contributed by atoms with Crippen molar-refractivity contribution < 1.29 is 14.7 Å². The van der Waals surface area contributed by atoms with E-state index >= 15 is 0 Å². The first-order valence-corrected chi connectivity index (χ1v) is 8.42. The lowest BCUT2D eigenvalue weighted by Gasteiger charge is -2.43. The number of urea groups is 1. The van der Waals surface area contributed by atoms with Gasteiger partial charge in [0.1, 0.15) is 0 Å². The van der Waals surface area contributed by atoms with Crippen LogP contribution in [0, 0.1) is 17.8 Å². The topological polar surface area (TPSA) is 60.9 Å². The third-order valence-corrected chi connectivity index (χ3v) is 5.60. The fourth-order valence-electron chi connectivity index (χ4n) is 4.33. The highest BCUT2D eigenvalue weighted by Gasteiger charge is 2.36. The molecule has 3 rings (SSSR count). The van der Waals surface area contributed by atoms with E-state index in [9.17, 15) is 9.59 Å². The van der Waals surface area contributed by atoms with E-state index < -0.39 is 5.97 Å². The van der Waals surface area contributed by atoms with Crippen molar-refractivity contribution in [1.82, 2.24) is 9.80 Å². The Morgan fingerprint density at radius 2 is 1.52 bits per heavy atom. The number of carbonyl (C=O) groups excluding carboxylic acids is 1. The van der Waals surface area contributed by atoms with Gasteiger partial charge in [-0.15, -0.1) is 0 Å². The van der Waals surface area contributed by atoms with Gasteiger partial charge >= 0.3 is 12.0 Å². The number of nitrogens with zero attached hydrogens (tertiary/aromatic N) is 2. The average molecular weight is 294 g/mol. The summed E-state index contributed by atoms with van der Waals surface area (Å²) in [6.07, 6.45) is 7.87. The van der Waals surface area contributed by atoms with Crippen molar-refractivity contribution in [3.63, 3.8) is 0 Å². The number of rotatable bonds is 1. The molecule has 118 valence electrons. The molecule has 2 unspecified atom stereocenters. The van der Waals surface area contributed by atoms with Crippen molar-refractivity contribution in [2.75, 3.05) is 26.2 Å².